The van der Waals surface area contributed by atoms with Crippen LogP contribution in [0.2, 0.25) is 0 Å². The van der Waals surface area contributed by atoms with E-state index in [1.807, 2.05) is 0 Å². The molecule has 0 spiro atoms. The predicted octanol–water partition coefficient (Wildman–Crippen LogP) is 2.60. The number of carboxylic acids is 1. The molecular weight excluding hydrogens is 242 g/mol. The molecule has 104 valence electrons. The molecule has 1 aliphatic rings. The zero-order chi connectivity index (χ0) is 13.8. The molecule has 1 aromatic heterocycles. The van der Waals surface area contributed by atoms with E-state index in [2.05, 4.69) is 17.2 Å². The van der Waals surface area contributed by atoms with Gasteiger partial charge in [0.2, 0.25) is 0 Å². The number of hydrogen-bond acceptors (Lipinski definition) is 4. The monoisotopic (exact) mass is 263 g/mol. The number of pyridine rings is 1. The van der Waals surface area contributed by atoms with E-state index in [1.165, 1.54) is 37.9 Å². The average Bonchev–Trinajstić information content (AvgIpc) is 2.39. The Balaban J connectivity index is 1.92. The summed E-state index contributed by atoms with van der Waals surface area (Å²) in [7, 11) is 0. The topological polar surface area (TPSA) is 88.2 Å². The van der Waals surface area contributed by atoms with Gasteiger partial charge < -0.3 is 16.2 Å². The van der Waals surface area contributed by atoms with Crippen LogP contribution in [-0.4, -0.2) is 22.6 Å². The maximum atomic E-state index is 11.0. The van der Waals surface area contributed by atoms with Gasteiger partial charge >= 0.3 is 5.97 Å². The Labute approximate surface area is 113 Å². The number of nitrogens with zero attached hydrogens (tertiary/aromatic N) is 1. The molecule has 0 unspecified atom stereocenters. The van der Waals surface area contributed by atoms with Crippen molar-refractivity contribution in [2.24, 2.45) is 11.8 Å². The van der Waals surface area contributed by atoms with E-state index in [-0.39, 0.29) is 11.3 Å². The minimum absolute atomic E-state index is 0.106. The zero-order valence-corrected chi connectivity index (χ0v) is 11.2. The number of rotatable bonds is 4. The fraction of sp³-hybridized carbons (Fsp3) is 0.571. The van der Waals surface area contributed by atoms with Gasteiger partial charge in [0.15, 0.2) is 0 Å². The highest BCUT2D eigenvalue weighted by Crippen LogP contribution is 2.28. The smallest absolute Gasteiger partial charge is 0.337 e. The van der Waals surface area contributed by atoms with Gasteiger partial charge in [0.05, 0.1) is 17.4 Å². The van der Waals surface area contributed by atoms with Crippen LogP contribution in [0.4, 0.5) is 11.5 Å². The molecule has 0 amide bonds. The lowest BCUT2D eigenvalue weighted by Crippen LogP contribution is -2.20. The number of aromatic carboxylic acids is 1. The van der Waals surface area contributed by atoms with Crippen molar-refractivity contribution < 1.29 is 9.90 Å². The third-order valence-corrected chi connectivity index (χ3v) is 3.87. The molecule has 1 heterocycles. The Morgan fingerprint density at radius 3 is 2.79 bits per heavy atom. The molecule has 0 bridgehead atoms. The van der Waals surface area contributed by atoms with Crippen molar-refractivity contribution in [3.8, 4) is 0 Å². The van der Waals surface area contributed by atoms with Crippen molar-refractivity contribution in [3.05, 3.63) is 17.8 Å². The highest BCUT2D eigenvalue weighted by molar-refractivity contribution is 5.94. The van der Waals surface area contributed by atoms with Gasteiger partial charge in [-0.1, -0.05) is 19.8 Å². The van der Waals surface area contributed by atoms with Crippen molar-refractivity contribution >= 4 is 17.5 Å². The Kier molecular flexibility index (Phi) is 4.24. The van der Waals surface area contributed by atoms with E-state index >= 15 is 0 Å². The van der Waals surface area contributed by atoms with Crippen molar-refractivity contribution in [1.29, 1.82) is 0 Å². The highest BCUT2D eigenvalue weighted by atomic mass is 16.4. The van der Waals surface area contributed by atoms with Crippen LogP contribution in [0.15, 0.2) is 12.3 Å². The summed E-state index contributed by atoms with van der Waals surface area (Å²) in [5, 5.41) is 12.2. The number of anilines is 2. The summed E-state index contributed by atoms with van der Waals surface area (Å²) in [5.41, 5.74) is 5.88. The summed E-state index contributed by atoms with van der Waals surface area (Å²) >= 11 is 0. The Hall–Kier alpha value is -1.78. The minimum atomic E-state index is -1.02. The third-order valence-electron chi connectivity index (χ3n) is 3.87. The maximum absolute atomic E-state index is 11.0. The quantitative estimate of drug-likeness (QED) is 0.777. The van der Waals surface area contributed by atoms with Crippen LogP contribution in [0.5, 0.6) is 0 Å². The molecular formula is C14H21N3O2. The second kappa shape index (κ2) is 5.91. The third kappa shape index (κ3) is 3.59. The van der Waals surface area contributed by atoms with Crippen LogP contribution in [-0.2, 0) is 0 Å². The number of nitrogens with one attached hydrogen (secondary N) is 1. The van der Waals surface area contributed by atoms with Crippen LogP contribution < -0.4 is 11.1 Å². The lowest BCUT2D eigenvalue weighted by molar-refractivity contribution is 0.0698. The molecule has 19 heavy (non-hydrogen) atoms. The Morgan fingerprint density at radius 2 is 2.16 bits per heavy atom. The van der Waals surface area contributed by atoms with E-state index in [4.69, 9.17) is 10.8 Å². The molecule has 0 saturated heterocycles. The lowest BCUT2D eigenvalue weighted by atomic mass is 9.83. The summed E-state index contributed by atoms with van der Waals surface area (Å²) in [6.45, 7) is 3.15. The van der Waals surface area contributed by atoms with E-state index in [0.717, 1.165) is 12.5 Å². The van der Waals surface area contributed by atoms with Crippen LogP contribution >= 0.6 is 0 Å². The fourth-order valence-electron chi connectivity index (χ4n) is 2.53. The Morgan fingerprint density at radius 1 is 1.47 bits per heavy atom. The van der Waals surface area contributed by atoms with Crippen molar-refractivity contribution in [2.75, 3.05) is 17.6 Å². The Bertz CT molecular complexity index is 454. The number of aromatic nitrogens is 1. The van der Waals surface area contributed by atoms with Crippen molar-refractivity contribution in [1.82, 2.24) is 4.98 Å². The normalized spacial score (nSPS) is 23.0. The van der Waals surface area contributed by atoms with E-state index in [9.17, 15) is 4.79 Å². The molecule has 1 saturated carbocycles. The maximum Gasteiger partial charge on any atom is 0.337 e. The summed E-state index contributed by atoms with van der Waals surface area (Å²) < 4.78 is 0. The second-order valence-electron chi connectivity index (χ2n) is 5.47. The van der Waals surface area contributed by atoms with Gasteiger partial charge in [-0.2, -0.15) is 0 Å². The molecule has 0 radical (unpaired) electrons. The molecule has 0 aliphatic heterocycles. The first-order chi connectivity index (χ1) is 9.06. The number of nitrogen functional groups attached to an aromatic ring is 1. The van der Waals surface area contributed by atoms with Crippen LogP contribution in [0, 0.1) is 11.8 Å². The first-order valence-corrected chi connectivity index (χ1v) is 6.79. The molecule has 1 aromatic rings. The van der Waals surface area contributed by atoms with Crippen molar-refractivity contribution in [3.63, 3.8) is 0 Å². The predicted molar refractivity (Wildman–Crippen MR) is 75.2 cm³/mol. The van der Waals surface area contributed by atoms with Gasteiger partial charge in [-0.15, -0.1) is 0 Å². The van der Waals surface area contributed by atoms with Crippen LogP contribution in [0.25, 0.3) is 0 Å². The number of nitrogens with two attached hydrogens (primary N) is 1. The van der Waals surface area contributed by atoms with Gasteiger partial charge in [-0.25, -0.2) is 9.78 Å². The summed E-state index contributed by atoms with van der Waals surface area (Å²) in [4.78, 5) is 15.1. The molecule has 1 aliphatic carbocycles. The molecule has 0 aromatic carbocycles. The van der Waals surface area contributed by atoms with Gasteiger partial charge in [-0.3, -0.25) is 0 Å². The minimum Gasteiger partial charge on any atom is -0.478 e. The highest BCUT2D eigenvalue weighted by Gasteiger charge is 2.18. The molecule has 0 atom stereocenters. The molecule has 4 N–H and O–H groups in total. The van der Waals surface area contributed by atoms with Crippen LogP contribution in [0.3, 0.4) is 0 Å². The molecule has 5 heteroatoms. The largest absolute Gasteiger partial charge is 0.478 e. The van der Waals surface area contributed by atoms with Gasteiger partial charge in [0.25, 0.3) is 0 Å². The number of hydrogen-bond donors (Lipinski definition) is 3. The van der Waals surface area contributed by atoms with Crippen LogP contribution in [0.1, 0.15) is 43.0 Å². The summed E-state index contributed by atoms with van der Waals surface area (Å²) in [6.07, 6.45) is 6.42. The van der Waals surface area contributed by atoms with E-state index < -0.39 is 5.97 Å². The first-order valence-electron chi connectivity index (χ1n) is 6.79. The second-order valence-corrected chi connectivity index (χ2v) is 5.47. The lowest BCUT2D eigenvalue weighted by Gasteiger charge is -2.26. The SMILES string of the molecule is CC1CCC(CNc2cc(C(=O)O)c(N)cn2)CC1. The average molecular weight is 263 g/mol. The summed E-state index contributed by atoms with van der Waals surface area (Å²) in [6, 6.07) is 1.50. The standard InChI is InChI=1S/C14H21N3O2/c1-9-2-4-10(5-3-9)7-16-13-6-11(14(18)19)12(15)8-17-13/h6,8-10H,2-5,7,15H2,1H3,(H,16,17)(H,18,19). The van der Waals surface area contributed by atoms with Gasteiger partial charge in [0.1, 0.15) is 5.82 Å². The fourth-order valence-corrected chi connectivity index (χ4v) is 2.53. The molecule has 1 fully saturated rings. The molecule has 5 nitrogen and oxygen atoms in total. The van der Waals surface area contributed by atoms with E-state index in [1.54, 1.807) is 0 Å². The van der Waals surface area contributed by atoms with Gasteiger partial charge in [-0.05, 0) is 30.7 Å². The first kappa shape index (κ1) is 13.6. The number of carbonyl (C=O) groups is 1. The van der Waals surface area contributed by atoms with Crippen molar-refractivity contribution in [2.45, 2.75) is 32.6 Å². The van der Waals surface area contributed by atoms with Gasteiger partial charge in [0, 0.05) is 6.54 Å². The molecule has 2 rings (SSSR count). The number of carboxylic acid groups (broad SMARTS) is 1. The summed E-state index contributed by atoms with van der Waals surface area (Å²) in [5.74, 6) is 1.06. The van der Waals surface area contributed by atoms with E-state index in [0.29, 0.717) is 11.7 Å². The zero-order valence-electron chi connectivity index (χ0n) is 11.2.